The number of phosphoric acid groups is 1. The zero-order valence-corrected chi connectivity index (χ0v) is 24.7. The number of carbonyl (C=O) groups is 1. The standard InChI is InChI=1S/C28H55N2O7P/c1-3-5-7-9-11-12-14-16-18-20-27(32)26(24-37-38(34,35)36-22-21-29)30-28(33)23-25(31)19-17-15-13-10-8-6-4-2/h11-12,18,20,25-27,31-32H,3-10,13-17,19,21-24,29H2,1-2H3,(H,30,33)(H,34,35)/b12-11+,20-18+. The fourth-order valence-electron chi connectivity index (χ4n) is 3.83. The Morgan fingerprint density at radius 1 is 0.895 bits per heavy atom. The topological polar surface area (TPSA) is 151 Å². The molecular formula is C28H55N2O7P. The number of hydrogen-bond acceptors (Lipinski definition) is 7. The average molecular weight is 563 g/mol. The largest absolute Gasteiger partial charge is 0.472 e. The van der Waals surface area contributed by atoms with Crippen molar-refractivity contribution in [3.05, 3.63) is 24.3 Å². The predicted molar refractivity (Wildman–Crippen MR) is 154 cm³/mol. The Bertz CT molecular complexity index is 676. The van der Waals surface area contributed by atoms with Gasteiger partial charge in [0.05, 0.1) is 37.9 Å². The van der Waals surface area contributed by atoms with E-state index in [1.54, 1.807) is 6.08 Å². The molecule has 0 spiro atoms. The van der Waals surface area contributed by atoms with Crippen LogP contribution in [0.15, 0.2) is 24.3 Å². The summed E-state index contributed by atoms with van der Waals surface area (Å²) in [5, 5.41) is 23.5. The second kappa shape index (κ2) is 24.9. The van der Waals surface area contributed by atoms with Crippen molar-refractivity contribution in [2.75, 3.05) is 19.8 Å². The van der Waals surface area contributed by atoms with E-state index < -0.39 is 38.6 Å². The number of unbranched alkanes of at least 4 members (excludes halogenated alkanes) is 10. The highest BCUT2D eigenvalue weighted by molar-refractivity contribution is 7.47. The number of carbonyl (C=O) groups excluding carboxylic acids is 1. The molecule has 0 saturated heterocycles. The number of nitrogens with one attached hydrogen (secondary N) is 1. The minimum atomic E-state index is -4.38. The summed E-state index contributed by atoms with van der Waals surface area (Å²) in [6, 6.07) is -0.990. The van der Waals surface area contributed by atoms with Gasteiger partial charge < -0.3 is 26.2 Å². The Kier molecular flexibility index (Phi) is 24.2. The van der Waals surface area contributed by atoms with Crippen LogP contribution in [0.1, 0.15) is 110 Å². The van der Waals surface area contributed by atoms with Gasteiger partial charge in [-0.25, -0.2) is 4.57 Å². The molecule has 4 atom stereocenters. The molecule has 0 aromatic heterocycles. The number of rotatable bonds is 26. The summed E-state index contributed by atoms with van der Waals surface area (Å²) in [6.45, 7) is 3.79. The number of aliphatic hydroxyl groups excluding tert-OH is 2. The molecule has 0 bridgehead atoms. The molecule has 0 saturated carbocycles. The van der Waals surface area contributed by atoms with E-state index in [4.69, 9.17) is 14.8 Å². The van der Waals surface area contributed by atoms with Crippen molar-refractivity contribution in [1.82, 2.24) is 5.32 Å². The predicted octanol–water partition coefficient (Wildman–Crippen LogP) is 5.29. The molecule has 0 rings (SSSR count). The molecule has 4 unspecified atom stereocenters. The smallest absolute Gasteiger partial charge is 0.393 e. The van der Waals surface area contributed by atoms with Crippen molar-refractivity contribution in [2.24, 2.45) is 5.73 Å². The molecule has 0 radical (unpaired) electrons. The highest BCUT2D eigenvalue weighted by Gasteiger charge is 2.27. The maximum Gasteiger partial charge on any atom is 0.472 e. The van der Waals surface area contributed by atoms with Crippen LogP contribution in [0, 0.1) is 0 Å². The molecule has 224 valence electrons. The maximum atomic E-state index is 12.5. The Morgan fingerprint density at radius 3 is 2.18 bits per heavy atom. The molecule has 0 aliphatic heterocycles. The van der Waals surface area contributed by atoms with Crippen LogP contribution >= 0.6 is 7.82 Å². The lowest BCUT2D eigenvalue weighted by Crippen LogP contribution is -2.46. The first-order valence-electron chi connectivity index (χ1n) is 14.5. The summed E-state index contributed by atoms with van der Waals surface area (Å²) < 4.78 is 21.7. The lowest BCUT2D eigenvalue weighted by molar-refractivity contribution is -0.124. The zero-order chi connectivity index (χ0) is 28.5. The summed E-state index contributed by atoms with van der Waals surface area (Å²) in [5.41, 5.74) is 5.30. The fraction of sp³-hybridized carbons (Fsp3) is 0.821. The van der Waals surface area contributed by atoms with Gasteiger partial charge in [-0.15, -0.1) is 0 Å². The Balaban J connectivity index is 4.72. The molecule has 1 amide bonds. The third-order valence-electron chi connectivity index (χ3n) is 6.08. The first kappa shape index (κ1) is 36.9. The van der Waals surface area contributed by atoms with E-state index in [1.807, 2.05) is 0 Å². The number of allylic oxidation sites excluding steroid dienone is 3. The molecule has 10 heteroatoms. The van der Waals surface area contributed by atoms with Crippen molar-refractivity contribution in [1.29, 1.82) is 0 Å². The van der Waals surface area contributed by atoms with E-state index in [-0.39, 0.29) is 19.6 Å². The van der Waals surface area contributed by atoms with Gasteiger partial charge in [-0.05, 0) is 32.1 Å². The van der Waals surface area contributed by atoms with Crippen LogP contribution in [0.5, 0.6) is 0 Å². The van der Waals surface area contributed by atoms with Crippen molar-refractivity contribution in [3.63, 3.8) is 0 Å². The second-order valence-corrected chi connectivity index (χ2v) is 11.2. The minimum absolute atomic E-state index is 0.0448. The molecule has 0 aliphatic carbocycles. The van der Waals surface area contributed by atoms with Crippen LogP contribution in [0.2, 0.25) is 0 Å². The van der Waals surface area contributed by atoms with Gasteiger partial charge in [-0.3, -0.25) is 13.8 Å². The zero-order valence-electron chi connectivity index (χ0n) is 23.8. The lowest BCUT2D eigenvalue weighted by Gasteiger charge is -2.24. The summed E-state index contributed by atoms with van der Waals surface area (Å²) in [6.07, 6.45) is 20.1. The van der Waals surface area contributed by atoms with Crippen LogP contribution in [-0.2, 0) is 18.4 Å². The normalized spacial score (nSPS) is 16.1. The van der Waals surface area contributed by atoms with Gasteiger partial charge in [0.1, 0.15) is 0 Å². The van der Waals surface area contributed by atoms with E-state index in [9.17, 15) is 24.5 Å². The van der Waals surface area contributed by atoms with Crippen molar-refractivity contribution >= 4 is 13.7 Å². The van der Waals surface area contributed by atoms with Crippen LogP contribution < -0.4 is 11.1 Å². The Hall–Kier alpha value is -1.06. The van der Waals surface area contributed by atoms with Gasteiger partial charge in [0, 0.05) is 6.54 Å². The molecule has 0 aromatic carbocycles. The van der Waals surface area contributed by atoms with E-state index in [2.05, 4.69) is 31.3 Å². The molecule has 0 fully saturated rings. The number of amides is 1. The van der Waals surface area contributed by atoms with Gasteiger partial charge in [0.15, 0.2) is 0 Å². The number of phosphoric ester groups is 1. The van der Waals surface area contributed by atoms with Crippen LogP contribution in [0.25, 0.3) is 0 Å². The van der Waals surface area contributed by atoms with Crippen LogP contribution in [0.3, 0.4) is 0 Å². The highest BCUT2D eigenvalue weighted by atomic mass is 31.2. The van der Waals surface area contributed by atoms with Crippen molar-refractivity contribution < 1.29 is 33.5 Å². The molecule has 38 heavy (non-hydrogen) atoms. The SMILES string of the molecule is CCCCC/C=C/CC/C=C/C(O)C(COP(=O)(O)OCCN)NC(=O)CC(O)CCCCCCCCC. The van der Waals surface area contributed by atoms with E-state index in [0.717, 1.165) is 32.1 Å². The van der Waals surface area contributed by atoms with E-state index in [1.165, 1.54) is 51.0 Å². The first-order chi connectivity index (χ1) is 18.3. The molecule has 0 heterocycles. The van der Waals surface area contributed by atoms with Crippen molar-refractivity contribution in [3.8, 4) is 0 Å². The van der Waals surface area contributed by atoms with Gasteiger partial charge >= 0.3 is 7.82 Å². The molecular weight excluding hydrogens is 507 g/mol. The Morgan fingerprint density at radius 2 is 1.50 bits per heavy atom. The van der Waals surface area contributed by atoms with Crippen LogP contribution in [-0.4, -0.2) is 59.0 Å². The average Bonchev–Trinajstić information content (AvgIpc) is 2.88. The molecule has 0 aliphatic rings. The molecule has 0 aromatic rings. The van der Waals surface area contributed by atoms with Gasteiger partial charge in [0.2, 0.25) is 5.91 Å². The second-order valence-electron chi connectivity index (χ2n) is 9.79. The third kappa shape index (κ3) is 22.9. The summed E-state index contributed by atoms with van der Waals surface area (Å²) in [7, 11) is -4.38. The van der Waals surface area contributed by atoms with E-state index in [0.29, 0.717) is 12.8 Å². The number of aliphatic hydroxyl groups is 2. The van der Waals surface area contributed by atoms with Crippen LogP contribution in [0.4, 0.5) is 0 Å². The Labute approximate surface area is 230 Å². The fourth-order valence-corrected chi connectivity index (χ4v) is 4.59. The quantitative estimate of drug-likeness (QED) is 0.0542. The lowest BCUT2D eigenvalue weighted by atomic mass is 10.0. The summed E-state index contributed by atoms with van der Waals surface area (Å²) in [4.78, 5) is 22.3. The number of nitrogens with two attached hydrogens (primary N) is 1. The first-order valence-corrected chi connectivity index (χ1v) is 16.0. The van der Waals surface area contributed by atoms with Gasteiger partial charge in [-0.2, -0.15) is 0 Å². The summed E-state index contributed by atoms with van der Waals surface area (Å²) >= 11 is 0. The molecule has 9 nitrogen and oxygen atoms in total. The van der Waals surface area contributed by atoms with E-state index >= 15 is 0 Å². The third-order valence-corrected chi connectivity index (χ3v) is 7.07. The summed E-state index contributed by atoms with van der Waals surface area (Å²) in [5.74, 6) is -0.466. The minimum Gasteiger partial charge on any atom is -0.393 e. The molecule has 6 N–H and O–H groups in total. The maximum absolute atomic E-state index is 12.5. The monoisotopic (exact) mass is 562 g/mol. The number of hydrogen-bond donors (Lipinski definition) is 5. The van der Waals surface area contributed by atoms with Gasteiger partial charge in [-0.1, -0.05) is 95.9 Å². The van der Waals surface area contributed by atoms with Crippen molar-refractivity contribution in [2.45, 2.75) is 128 Å². The van der Waals surface area contributed by atoms with Gasteiger partial charge in [0.25, 0.3) is 0 Å². The highest BCUT2D eigenvalue weighted by Crippen LogP contribution is 2.43.